The fourth-order valence-corrected chi connectivity index (χ4v) is 4.16. The van der Waals surface area contributed by atoms with Gasteiger partial charge in [-0.15, -0.1) is 13.2 Å². The molecule has 0 unspecified atom stereocenters. The Morgan fingerprint density at radius 2 is 1.78 bits per heavy atom. The molecule has 41 heavy (non-hydrogen) atoms. The van der Waals surface area contributed by atoms with E-state index in [0.717, 1.165) is 41.1 Å². The fourth-order valence-electron chi connectivity index (χ4n) is 4.16. The lowest BCUT2D eigenvalue weighted by Gasteiger charge is -2.14. The van der Waals surface area contributed by atoms with Crippen LogP contribution in [0.25, 0.3) is 22.0 Å². The number of aliphatic hydroxyl groups is 1. The third-order valence-electron chi connectivity index (χ3n) is 5.94. The predicted molar refractivity (Wildman–Crippen MR) is 144 cm³/mol. The first-order valence-electron chi connectivity index (χ1n) is 12.9. The molecule has 0 radical (unpaired) electrons. The Morgan fingerprint density at radius 3 is 2.59 bits per heavy atom. The Morgan fingerprint density at radius 1 is 0.951 bits per heavy atom. The summed E-state index contributed by atoms with van der Waals surface area (Å²) < 4.78 is 52.9. The molecule has 0 atom stereocenters. The van der Waals surface area contributed by atoms with Crippen molar-refractivity contribution in [1.82, 2.24) is 25.7 Å². The number of aromatic amines is 2. The Balaban J connectivity index is 1.16. The third-order valence-corrected chi connectivity index (χ3v) is 5.94. The Hall–Kier alpha value is -4.32. The Kier molecular flexibility index (Phi) is 10.4. The van der Waals surface area contributed by atoms with Crippen molar-refractivity contribution in [3.05, 3.63) is 54.0 Å². The average Bonchev–Trinajstić information content (AvgIpc) is 3.61. The molecule has 2 aromatic heterocycles. The maximum Gasteiger partial charge on any atom is 0.573 e. The summed E-state index contributed by atoms with van der Waals surface area (Å²) in [6.45, 7) is 2.28. The van der Waals surface area contributed by atoms with Crippen LogP contribution in [0.2, 0.25) is 0 Å². The van der Waals surface area contributed by atoms with Gasteiger partial charge in [0.25, 0.3) is 0 Å². The molecule has 5 N–H and O–H groups in total. The molecule has 0 bridgehead atoms. The van der Waals surface area contributed by atoms with E-state index in [1.807, 2.05) is 12.1 Å². The second kappa shape index (κ2) is 14.4. The highest BCUT2D eigenvalue weighted by Crippen LogP contribution is 2.31. The van der Waals surface area contributed by atoms with Crippen molar-refractivity contribution in [2.45, 2.75) is 25.7 Å². The number of aliphatic hydroxyl groups excluding tert-OH is 1. The number of ether oxygens (including phenoxy) is 3. The van der Waals surface area contributed by atoms with E-state index in [1.54, 1.807) is 18.5 Å². The van der Waals surface area contributed by atoms with Crippen molar-refractivity contribution in [3.8, 4) is 28.7 Å². The number of rotatable bonds is 16. The van der Waals surface area contributed by atoms with Crippen molar-refractivity contribution < 1.29 is 32.5 Å². The van der Waals surface area contributed by atoms with Gasteiger partial charge in [0.05, 0.1) is 31.1 Å². The lowest BCUT2D eigenvalue weighted by molar-refractivity contribution is -0.274. The first kappa shape index (κ1) is 29.7. The number of nitriles is 1. The molecule has 4 rings (SSSR count). The van der Waals surface area contributed by atoms with Crippen LogP contribution in [0, 0.1) is 11.3 Å². The minimum absolute atomic E-state index is 0.0353. The normalized spacial score (nSPS) is 11.5. The lowest BCUT2D eigenvalue weighted by atomic mass is 10.0. The zero-order valence-corrected chi connectivity index (χ0v) is 22.1. The van der Waals surface area contributed by atoms with Crippen LogP contribution in [-0.4, -0.2) is 71.4 Å². The first-order valence-corrected chi connectivity index (χ1v) is 12.9. The molecule has 0 aliphatic rings. The monoisotopic (exact) mass is 573 g/mol. The van der Waals surface area contributed by atoms with Crippen LogP contribution >= 0.6 is 0 Å². The molecule has 0 aliphatic heterocycles. The van der Waals surface area contributed by atoms with Crippen LogP contribution < -0.4 is 20.1 Å². The molecule has 11 nitrogen and oxygen atoms in total. The van der Waals surface area contributed by atoms with Gasteiger partial charge >= 0.3 is 6.36 Å². The minimum atomic E-state index is -4.81. The molecule has 0 amide bonds. The number of aromatic nitrogens is 4. The number of unbranched alkanes of at least 4 members (excludes halogenated alkanes) is 1. The van der Waals surface area contributed by atoms with E-state index in [1.165, 1.54) is 6.07 Å². The average molecular weight is 574 g/mol. The second-order valence-corrected chi connectivity index (χ2v) is 8.98. The molecule has 0 spiro atoms. The van der Waals surface area contributed by atoms with E-state index in [4.69, 9.17) is 14.6 Å². The van der Waals surface area contributed by atoms with Crippen LogP contribution in [0.3, 0.4) is 0 Å². The molecule has 4 aromatic rings. The number of hydrogen-bond acceptors (Lipinski definition) is 9. The summed E-state index contributed by atoms with van der Waals surface area (Å²) in [6.07, 6.45) is 0.145. The van der Waals surface area contributed by atoms with Gasteiger partial charge in [0.15, 0.2) is 0 Å². The topological polar surface area (TPSA) is 153 Å². The predicted octanol–water partition coefficient (Wildman–Crippen LogP) is 4.09. The van der Waals surface area contributed by atoms with Gasteiger partial charge in [0.1, 0.15) is 29.9 Å². The highest BCUT2D eigenvalue weighted by atomic mass is 19.4. The van der Waals surface area contributed by atoms with E-state index >= 15 is 0 Å². The van der Waals surface area contributed by atoms with Crippen molar-refractivity contribution in [1.29, 1.82) is 5.26 Å². The van der Waals surface area contributed by atoms with Crippen LogP contribution in [0.1, 0.15) is 24.1 Å². The molecular formula is C27H30F3N7O4. The van der Waals surface area contributed by atoms with Gasteiger partial charge in [-0.25, -0.2) is 0 Å². The smallest absolute Gasteiger partial charge is 0.491 e. The number of nitrogens with zero attached hydrogens (tertiary/aromatic N) is 3. The maximum atomic E-state index is 12.6. The van der Waals surface area contributed by atoms with Gasteiger partial charge in [-0.1, -0.05) is 0 Å². The number of anilines is 1. The number of nitrogens with one attached hydrogen (secondary N) is 4. The molecule has 218 valence electrons. The Labute approximate surface area is 233 Å². The minimum Gasteiger partial charge on any atom is -0.491 e. The van der Waals surface area contributed by atoms with E-state index in [9.17, 15) is 18.4 Å². The van der Waals surface area contributed by atoms with Crippen molar-refractivity contribution in [3.63, 3.8) is 0 Å². The van der Waals surface area contributed by atoms with Gasteiger partial charge in [-0.05, 0) is 54.8 Å². The van der Waals surface area contributed by atoms with Gasteiger partial charge in [-0.3, -0.25) is 10.2 Å². The van der Waals surface area contributed by atoms with E-state index in [-0.39, 0.29) is 24.7 Å². The van der Waals surface area contributed by atoms with E-state index in [0.29, 0.717) is 49.7 Å². The molecule has 0 fully saturated rings. The number of H-pyrrole nitrogens is 2. The first-order chi connectivity index (χ1) is 19.9. The third kappa shape index (κ3) is 8.84. The van der Waals surface area contributed by atoms with Gasteiger partial charge < -0.3 is 30.0 Å². The molecular weight excluding hydrogens is 543 g/mol. The fraction of sp³-hybridized carbons (Fsp3) is 0.370. The molecule has 0 aliphatic carbocycles. The molecule has 0 saturated heterocycles. The number of hydrogen-bond donors (Lipinski definition) is 5. The van der Waals surface area contributed by atoms with Gasteiger partial charge in [-0.2, -0.15) is 15.5 Å². The Bertz CT molecular complexity index is 1450. The molecule has 2 aromatic carbocycles. The van der Waals surface area contributed by atoms with Crippen LogP contribution in [0.5, 0.6) is 11.5 Å². The summed E-state index contributed by atoms with van der Waals surface area (Å²) in [4.78, 5) is 0. The van der Waals surface area contributed by atoms with E-state index < -0.39 is 6.36 Å². The molecule has 14 heteroatoms. The van der Waals surface area contributed by atoms with Crippen LogP contribution in [-0.2, 0) is 11.3 Å². The van der Waals surface area contributed by atoms with Crippen molar-refractivity contribution in [2.75, 3.05) is 44.8 Å². The highest BCUT2D eigenvalue weighted by molar-refractivity contribution is 5.95. The number of alkyl halides is 3. The molecule has 2 heterocycles. The highest BCUT2D eigenvalue weighted by Gasteiger charge is 2.31. The summed E-state index contributed by atoms with van der Waals surface area (Å²) in [7, 11) is 0. The zero-order chi connectivity index (χ0) is 29.1. The second-order valence-electron chi connectivity index (χ2n) is 8.98. The SMILES string of the molecule is N#Cc1[nH]ncc1-c1cc(NCCOCCCCNCc2cc(OCCO)cc(OC(F)(F)F)c2)c2cn[nH]c2c1. The summed E-state index contributed by atoms with van der Waals surface area (Å²) >= 11 is 0. The standard InChI is InChI=1S/C27H30F3N7O4/c28-27(29,30)41-21-10-18(9-20(13-21)40-8-5-38)15-32-3-1-2-6-39-7-4-33-24-11-19(12-25-23(24)17-35-36-25)22-16-34-37-26(22)14-31/h9-13,16-17,32-33,38H,1-8,15H2,(H,34,37)(H,35,36). The molecule has 0 saturated carbocycles. The summed E-state index contributed by atoms with van der Waals surface area (Å²) in [5, 5.41) is 39.4. The van der Waals surface area contributed by atoms with Gasteiger partial charge in [0, 0.05) is 42.4 Å². The number of benzene rings is 2. The lowest BCUT2D eigenvalue weighted by Crippen LogP contribution is -2.18. The van der Waals surface area contributed by atoms with Crippen LogP contribution in [0.4, 0.5) is 18.9 Å². The summed E-state index contributed by atoms with van der Waals surface area (Å²) in [5.41, 5.74) is 4.17. The van der Waals surface area contributed by atoms with Gasteiger partial charge in [0.2, 0.25) is 0 Å². The van der Waals surface area contributed by atoms with Crippen molar-refractivity contribution in [2.24, 2.45) is 0 Å². The van der Waals surface area contributed by atoms with Crippen LogP contribution in [0.15, 0.2) is 42.7 Å². The van der Waals surface area contributed by atoms with E-state index in [2.05, 4.69) is 41.8 Å². The maximum absolute atomic E-state index is 12.6. The summed E-state index contributed by atoms with van der Waals surface area (Å²) in [6, 6.07) is 10.0. The number of halogens is 3. The summed E-state index contributed by atoms with van der Waals surface area (Å²) in [5.74, 6) is -0.186. The number of fused-ring (bicyclic) bond motifs is 1. The zero-order valence-electron chi connectivity index (χ0n) is 22.1. The largest absolute Gasteiger partial charge is 0.573 e. The van der Waals surface area contributed by atoms with Crippen molar-refractivity contribution >= 4 is 16.6 Å². The quantitative estimate of drug-likeness (QED) is 0.125.